The SMILES string of the molecule is NC1O[C@H](CO)[C@H](O)[C@@H](O)[C@H]1O. The summed E-state index contributed by atoms with van der Waals surface area (Å²) in [5.41, 5.74) is 5.24. The second kappa shape index (κ2) is 3.65. The van der Waals surface area contributed by atoms with Gasteiger partial charge in [-0.2, -0.15) is 0 Å². The van der Waals surface area contributed by atoms with Crippen LogP contribution in [0, 0.1) is 0 Å². The van der Waals surface area contributed by atoms with Gasteiger partial charge in [0.25, 0.3) is 0 Å². The van der Waals surface area contributed by atoms with Gasteiger partial charge < -0.3 is 30.9 Å². The van der Waals surface area contributed by atoms with Crippen molar-refractivity contribution in [2.45, 2.75) is 30.6 Å². The fraction of sp³-hybridized carbons (Fsp3) is 1.00. The van der Waals surface area contributed by atoms with Crippen molar-refractivity contribution in [3.8, 4) is 0 Å². The molecule has 72 valence electrons. The van der Waals surface area contributed by atoms with Crippen molar-refractivity contribution in [1.82, 2.24) is 0 Å². The molecule has 6 N–H and O–H groups in total. The van der Waals surface area contributed by atoms with E-state index in [0.29, 0.717) is 0 Å². The zero-order chi connectivity index (χ0) is 9.30. The molecule has 1 rings (SSSR count). The maximum absolute atomic E-state index is 9.18. The lowest BCUT2D eigenvalue weighted by Gasteiger charge is -2.38. The highest BCUT2D eigenvalue weighted by molar-refractivity contribution is 4.89. The molecule has 1 saturated heterocycles. The molecule has 6 nitrogen and oxygen atoms in total. The third-order valence-corrected chi connectivity index (χ3v) is 1.93. The molecule has 0 aliphatic carbocycles. The van der Waals surface area contributed by atoms with Gasteiger partial charge in [-0.15, -0.1) is 0 Å². The number of nitrogens with two attached hydrogens (primary N) is 1. The lowest BCUT2D eigenvalue weighted by molar-refractivity contribution is -0.227. The van der Waals surface area contributed by atoms with Crippen molar-refractivity contribution in [3.63, 3.8) is 0 Å². The maximum atomic E-state index is 9.18. The Bertz CT molecular complexity index is 150. The van der Waals surface area contributed by atoms with Crippen LogP contribution in [0.1, 0.15) is 0 Å². The van der Waals surface area contributed by atoms with Crippen LogP contribution in [-0.2, 0) is 4.74 Å². The molecule has 0 radical (unpaired) electrons. The lowest BCUT2D eigenvalue weighted by atomic mass is 9.99. The molecule has 0 bridgehead atoms. The van der Waals surface area contributed by atoms with Crippen LogP contribution < -0.4 is 5.73 Å². The summed E-state index contributed by atoms with van der Waals surface area (Å²) in [5, 5.41) is 36.1. The number of ether oxygens (including phenoxy) is 1. The average molecular weight is 179 g/mol. The van der Waals surface area contributed by atoms with Gasteiger partial charge in [-0.1, -0.05) is 0 Å². The quantitative estimate of drug-likeness (QED) is 0.288. The molecule has 0 aromatic carbocycles. The van der Waals surface area contributed by atoms with Crippen LogP contribution in [-0.4, -0.2) is 57.7 Å². The second-order valence-electron chi connectivity index (χ2n) is 2.79. The normalized spacial score (nSPS) is 49.2. The highest BCUT2D eigenvalue weighted by Crippen LogP contribution is 2.17. The first kappa shape index (κ1) is 9.85. The van der Waals surface area contributed by atoms with Gasteiger partial charge in [0.1, 0.15) is 30.6 Å². The summed E-state index contributed by atoms with van der Waals surface area (Å²) in [6, 6.07) is 0. The summed E-state index contributed by atoms with van der Waals surface area (Å²) in [5.74, 6) is 0. The van der Waals surface area contributed by atoms with E-state index in [1.165, 1.54) is 0 Å². The van der Waals surface area contributed by atoms with E-state index in [-0.39, 0.29) is 0 Å². The molecule has 1 aliphatic heterocycles. The van der Waals surface area contributed by atoms with Crippen LogP contribution in [0.4, 0.5) is 0 Å². The van der Waals surface area contributed by atoms with Gasteiger partial charge in [-0.25, -0.2) is 0 Å². The summed E-state index contributed by atoms with van der Waals surface area (Å²) >= 11 is 0. The highest BCUT2D eigenvalue weighted by Gasteiger charge is 2.41. The second-order valence-corrected chi connectivity index (χ2v) is 2.79. The van der Waals surface area contributed by atoms with Crippen molar-refractivity contribution in [2.75, 3.05) is 6.61 Å². The molecular formula is C6H13NO5. The Morgan fingerprint density at radius 3 is 2.17 bits per heavy atom. The number of hydrogen-bond acceptors (Lipinski definition) is 6. The molecule has 6 heteroatoms. The molecule has 0 saturated carbocycles. The van der Waals surface area contributed by atoms with Crippen molar-refractivity contribution in [3.05, 3.63) is 0 Å². The number of aliphatic hydroxyl groups excluding tert-OH is 4. The number of rotatable bonds is 1. The van der Waals surface area contributed by atoms with Crippen molar-refractivity contribution < 1.29 is 25.2 Å². The highest BCUT2D eigenvalue weighted by atomic mass is 16.6. The first-order valence-electron chi connectivity index (χ1n) is 3.64. The first-order valence-corrected chi connectivity index (χ1v) is 3.64. The Kier molecular flexibility index (Phi) is 2.99. The molecular weight excluding hydrogens is 166 g/mol. The van der Waals surface area contributed by atoms with Gasteiger partial charge in [0.15, 0.2) is 0 Å². The fourth-order valence-corrected chi connectivity index (χ4v) is 1.13. The summed E-state index contributed by atoms with van der Waals surface area (Å²) in [6.45, 7) is -0.446. The Morgan fingerprint density at radius 1 is 1.08 bits per heavy atom. The van der Waals surface area contributed by atoms with Gasteiger partial charge in [0, 0.05) is 0 Å². The topological polar surface area (TPSA) is 116 Å². The minimum Gasteiger partial charge on any atom is -0.394 e. The Morgan fingerprint density at radius 2 is 1.67 bits per heavy atom. The zero-order valence-corrected chi connectivity index (χ0v) is 6.37. The van der Waals surface area contributed by atoms with Crippen LogP contribution in [0.5, 0.6) is 0 Å². The smallest absolute Gasteiger partial charge is 0.135 e. The van der Waals surface area contributed by atoms with E-state index < -0.39 is 37.3 Å². The largest absolute Gasteiger partial charge is 0.394 e. The average Bonchev–Trinajstić information content (AvgIpc) is 2.08. The predicted molar refractivity (Wildman–Crippen MR) is 38.0 cm³/mol. The maximum Gasteiger partial charge on any atom is 0.135 e. The minimum absolute atomic E-state index is 0.446. The van der Waals surface area contributed by atoms with Crippen molar-refractivity contribution >= 4 is 0 Å². The molecule has 1 heterocycles. The summed E-state index contributed by atoms with van der Waals surface area (Å²) in [6.07, 6.45) is -5.99. The molecule has 0 amide bonds. The van der Waals surface area contributed by atoms with Gasteiger partial charge in [-0.3, -0.25) is 0 Å². The minimum atomic E-state index is -1.37. The summed E-state index contributed by atoms with van der Waals surface area (Å²) < 4.78 is 4.80. The van der Waals surface area contributed by atoms with Crippen molar-refractivity contribution in [1.29, 1.82) is 0 Å². The zero-order valence-electron chi connectivity index (χ0n) is 6.37. The van der Waals surface area contributed by atoms with E-state index in [1.807, 2.05) is 0 Å². The molecule has 0 aromatic rings. The van der Waals surface area contributed by atoms with E-state index in [4.69, 9.17) is 25.8 Å². The molecule has 12 heavy (non-hydrogen) atoms. The van der Waals surface area contributed by atoms with Crippen molar-refractivity contribution in [2.24, 2.45) is 5.73 Å². The Labute approximate surface area is 69.2 Å². The third-order valence-electron chi connectivity index (χ3n) is 1.93. The molecule has 1 fully saturated rings. The van der Waals surface area contributed by atoms with E-state index in [2.05, 4.69) is 0 Å². The summed E-state index contributed by atoms with van der Waals surface area (Å²) in [4.78, 5) is 0. The number of aliphatic hydroxyl groups is 4. The third kappa shape index (κ3) is 1.58. The molecule has 0 spiro atoms. The van der Waals surface area contributed by atoms with Gasteiger partial charge in [0.05, 0.1) is 6.61 Å². The van der Waals surface area contributed by atoms with Gasteiger partial charge in [0.2, 0.25) is 0 Å². The van der Waals surface area contributed by atoms with Crippen LogP contribution in [0.3, 0.4) is 0 Å². The van der Waals surface area contributed by atoms with Gasteiger partial charge in [-0.05, 0) is 0 Å². The molecule has 1 aliphatic rings. The molecule has 5 atom stereocenters. The Hall–Kier alpha value is -0.240. The summed E-state index contributed by atoms with van der Waals surface area (Å²) in [7, 11) is 0. The lowest BCUT2D eigenvalue weighted by Crippen LogP contribution is -2.61. The van der Waals surface area contributed by atoms with Crippen LogP contribution in [0.25, 0.3) is 0 Å². The standard InChI is InChI=1S/C6H13NO5/c7-6-5(11)4(10)3(9)2(1-8)12-6/h2-6,8-11H,1,7H2/t2-,3+,4-,5-,6?/m1/s1. The van der Waals surface area contributed by atoms with E-state index in [1.54, 1.807) is 0 Å². The van der Waals surface area contributed by atoms with E-state index in [9.17, 15) is 5.11 Å². The fourth-order valence-electron chi connectivity index (χ4n) is 1.13. The first-order chi connectivity index (χ1) is 5.57. The Balaban J connectivity index is 2.63. The van der Waals surface area contributed by atoms with Crippen LogP contribution in [0.15, 0.2) is 0 Å². The van der Waals surface area contributed by atoms with E-state index in [0.717, 1.165) is 0 Å². The molecule has 1 unspecified atom stereocenters. The van der Waals surface area contributed by atoms with Gasteiger partial charge >= 0.3 is 0 Å². The van der Waals surface area contributed by atoms with E-state index >= 15 is 0 Å². The monoisotopic (exact) mass is 179 g/mol. The number of hydrogen-bond donors (Lipinski definition) is 5. The van der Waals surface area contributed by atoms with Crippen LogP contribution >= 0.6 is 0 Å². The molecule has 0 aromatic heterocycles. The van der Waals surface area contributed by atoms with Crippen LogP contribution in [0.2, 0.25) is 0 Å². The predicted octanol–water partition coefficient (Wildman–Crippen LogP) is -3.25.